The average Bonchev–Trinajstić information content (AvgIpc) is 2.48. The van der Waals surface area contributed by atoms with E-state index in [0.717, 1.165) is 18.0 Å². The molecule has 2 rings (SSSR count). The van der Waals surface area contributed by atoms with Gasteiger partial charge in [0.1, 0.15) is 17.3 Å². The quantitative estimate of drug-likeness (QED) is 0.643. The number of amidine groups is 1. The Morgan fingerprint density at radius 2 is 2.00 bits per heavy atom. The van der Waals surface area contributed by atoms with Crippen molar-refractivity contribution in [2.45, 2.75) is 6.54 Å². The molecule has 0 fully saturated rings. The number of ether oxygens (including phenoxy) is 1. The lowest BCUT2D eigenvalue weighted by Crippen LogP contribution is -2.18. The molecular weight excluding hydrogens is 252 g/mol. The van der Waals surface area contributed by atoms with E-state index in [0.29, 0.717) is 5.69 Å². The summed E-state index contributed by atoms with van der Waals surface area (Å²) in [6.45, 7) is 0.755. The predicted octanol–water partition coefficient (Wildman–Crippen LogP) is 2.01. The molecule has 1 aromatic heterocycles. The summed E-state index contributed by atoms with van der Waals surface area (Å²) in [5.41, 5.74) is 8.09. The molecular formula is C15H18N4O. The number of pyridine rings is 1. The molecule has 1 heterocycles. The largest absolute Gasteiger partial charge is 0.497 e. The second-order valence-corrected chi connectivity index (χ2v) is 4.52. The summed E-state index contributed by atoms with van der Waals surface area (Å²) in [5.74, 6) is 0.823. The number of hydrogen-bond donors (Lipinski definition) is 2. The minimum Gasteiger partial charge on any atom is -0.497 e. The van der Waals surface area contributed by atoms with E-state index in [9.17, 15) is 0 Å². The summed E-state index contributed by atoms with van der Waals surface area (Å²) < 4.78 is 5.14. The fraction of sp³-hybridized carbons (Fsp3) is 0.200. The van der Waals surface area contributed by atoms with Crippen LogP contribution in [0.25, 0.3) is 0 Å². The number of aromatic nitrogens is 1. The maximum absolute atomic E-state index is 7.42. The third kappa shape index (κ3) is 3.26. The van der Waals surface area contributed by atoms with E-state index in [1.54, 1.807) is 13.3 Å². The minimum absolute atomic E-state index is 0.0234. The molecule has 0 radical (unpaired) electrons. The first kappa shape index (κ1) is 13.9. The summed E-state index contributed by atoms with van der Waals surface area (Å²) in [6.07, 6.45) is 1.66. The van der Waals surface area contributed by atoms with Crippen molar-refractivity contribution in [2.75, 3.05) is 19.1 Å². The third-order valence-electron chi connectivity index (χ3n) is 3.04. The lowest BCUT2D eigenvalue weighted by Gasteiger charge is -2.20. The topological polar surface area (TPSA) is 75.2 Å². The van der Waals surface area contributed by atoms with Crippen LogP contribution in [0.2, 0.25) is 0 Å². The van der Waals surface area contributed by atoms with Crippen molar-refractivity contribution in [1.29, 1.82) is 5.41 Å². The van der Waals surface area contributed by atoms with Gasteiger partial charge in [-0.3, -0.25) is 10.4 Å². The van der Waals surface area contributed by atoms with Gasteiger partial charge < -0.3 is 15.4 Å². The van der Waals surface area contributed by atoms with Gasteiger partial charge in [-0.05, 0) is 29.8 Å². The van der Waals surface area contributed by atoms with Crippen molar-refractivity contribution in [3.8, 4) is 5.75 Å². The van der Waals surface area contributed by atoms with Crippen LogP contribution < -0.4 is 15.4 Å². The Hall–Kier alpha value is -2.56. The van der Waals surface area contributed by atoms with Gasteiger partial charge >= 0.3 is 0 Å². The first-order valence-corrected chi connectivity index (χ1v) is 6.24. The molecule has 0 aliphatic heterocycles. The normalized spacial score (nSPS) is 10.1. The molecule has 0 unspecified atom stereocenters. The fourth-order valence-corrected chi connectivity index (χ4v) is 1.90. The van der Waals surface area contributed by atoms with Crippen LogP contribution in [0.5, 0.6) is 5.75 Å². The zero-order valence-electron chi connectivity index (χ0n) is 11.6. The SMILES string of the molecule is COc1ccc(CN(C)c2ccnc(C(=N)N)c2)cc1. The molecule has 0 bridgehead atoms. The number of nitrogens with zero attached hydrogens (tertiary/aromatic N) is 2. The summed E-state index contributed by atoms with van der Waals surface area (Å²) in [6, 6.07) is 11.7. The number of nitrogens with one attached hydrogen (secondary N) is 1. The Kier molecular flexibility index (Phi) is 4.20. The summed E-state index contributed by atoms with van der Waals surface area (Å²) in [7, 11) is 3.64. The number of rotatable bonds is 5. The monoisotopic (exact) mass is 270 g/mol. The molecule has 0 saturated heterocycles. The molecule has 0 aliphatic carbocycles. The van der Waals surface area contributed by atoms with E-state index in [2.05, 4.69) is 9.88 Å². The van der Waals surface area contributed by atoms with Gasteiger partial charge in [0, 0.05) is 25.5 Å². The van der Waals surface area contributed by atoms with Crippen molar-refractivity contribution in [2.24, 2.45) is 5.73 Å². The summed E-state index contributed by atoms with van der Waals surface area (Å²) in [4.78, 5) is 6.14. The Labute approximate surface area is 118 Å². The fourth-order valence-electron chi connectivity index (χ4n) is 1.90. The maximum atomic E-state index is 7.42. The molecule has 0 saturated carbocycles. The number of nitrogens with two attached hydrogens (primary N) is 1. The summed E-state index contributed by atoms with van der Waals surface area (Å²) >= 11 is 0. The lowest BCUT2D eigenvalue weighted by molar-refractivity contribution is 0.414. The molecule has 1 aromatic carbocycles. The Bertz CT molecular complexity index is 595. The number of hydrogen-bond acceptors (Lipinski definition) is 4. The molecule has 0 spiro atoms. The van der Waals surface area contributed by atoms with Crippen LogP contribution in [0.4, 0.5) is 5.69 Å². The Balaban J connectivity index is 2.12. The van der Waals surface area contributed by atoms with Crippen LogP contribution in [0.3, 0.4) is 0 Å². The molecule has 0 aliphatic rings. The van der Waals surface area contributed by atoms with Crippen LogP contribution in [-0.4, -0.2) is 25.0 Å². The highest BCUT2D eigenvalue weighted by molar-refractivity contribution is 5.93. The van der Waals surface area contributed by atoms with E-state index in [1.165, 1.54) is 5.56 Å². The van der Waals surface area contributed by atoms with Gasteiger partial charge in [-0.25, -0.2) is 0 Å². The third-order valence-corrected chi connectivity index (χ3v) is 3.04. The zero-order valence-corrected chi connectivity index (χ0v) is 11.6. The van der Waals surface area contributed by atoms with Gasteiger partial charge in [-0.2, -0.15) is 0 Å². The van der Waals surface area contributed by atoms with Crippen LogP contribution in [0.1, 0.15) is 11.3 Å². The van der Waals surface area contributed by atoms with Gasteiger partial charge in [0.25, 0.3) is 0 Å². The Morgan fingerprint density at radius 1 is 1.30 bits per heavy atom. The summed E-state index contributed by atoms with van der Waals surface area (Å²) in [5, 5.41) is 7.42. The number of benzene rings is 1. The van der Waals surface area contributed by atoms with Crippen LogP contribution >= 0.6 is 0 Å². The zero-order chi connectivity index (χ0) is 14.5. The molecule has 20 heavy (non-hydrogen) atoms. The van der Waals surface area contributed by atoms with Crippen LogP contribution in [0.15, 0.2) is 42.6 Å². The molecule has 5 heteroatoms. The van der Waals surface area contributed by atoms with Crippen LogP contribution in [0, 0.1) is 5.41 Å². The highest BCUT2D eigenvalue weighted by atomic mass is 16.5. The van der Waals surface area contributed by atoms with Crippen molar-refractivity contribution < 1.29 is 4.74 Å². The average molecular weight is 270 g/mol. The van der Waals surface area contributed by atoms with E-state index >= 15 is 0 Å². The van der Waals surface area contributed by atoms with Crippen molar-refractivity contribution >= 4 is 11.5 Å². The first-order valence-electron chi connectivity index (χ1n) is 6.24. The van der Waals surface area contributed by atoms with Crippen molar-refractivity contribution in [3.05, 3.63) is 53.9 Å². The van der Waals surface area contributed by atoms with Gasteiger partial charge in [0.2, 0.25) is 0 Å². The molecule has 104 valence electrons. The van der Waals surface area contributed by atoms with Crippen LogP contribution in [-0.2, 0) is 6.54 Å². The molecule has 0 amide bonds. The van der Waals surface area contributed by atoms with Gasteiger partial charge in [-0.15, -0.1) is 0 Å². The Morgan fingerprint density at radius 3 is 2.60 bits per heavy atom. The van der Waals surface area contributed by atoms with Gasteiger partial charge in [0.15, 0.2) is 0 Å². The number of anilines is 1. The van der Waals surface area contributed by atoms with E-state index in [4.69, 9.17) is 15.9 Å². The molecule has 3 N–H and O–H groups in total. The van der Waals surface area contributed by atoms with E-state index < -0.39 is 0 Å². The van der Waals surface area contributed by atoms with E-state index in [1.807, 2.05) is 43.4 Å². The predicted molar refractivity (Wildman–Crippen MR) is 80.4 cm³/mol. The van der Waals surface area contributed by atoms with Gasteiger partial charge in [-0.1, -0.05) is 12.1 Å². The number of methoxy groups -OCH3 is 1. The van der Waals surface area contributed by atoms with E-state index in [-0.39, 0.29) is 5.84 Å². The molecule has 5 nitrogen and oxygen atoms in total. The van der Waals surface area contributed by atoms with Crippen molar-refractivity contribution in [1.82, 2.24) is 4.98 Å². The standard InChI is InChI=1S/C15H18N4O/c1-19(10-11-3-5-13(20-2)6-4-11)12-7-8-18-14(9-12)15(16)17/h3-9H,10H2,1-2H3,(H3,16,17). The number of nitrogen functional groups attached to an aromatic ring is 1. The highest BCUT2D eigenvalue weighted by Crippen LogP contribution is 2.17. The molecule has 2 aromatic rings. The molecule has 0 atom stereocenters. The van der Waals surface area contributed by atoms with Crippen molar-refractivity contribution in [3.63, 3.8) is 0 Å². The second-order valence-electron chi connectivity index (χ2n) is 4.52. The smallest absolute Gasteiger partial charge is 0.141 e. The minimum atomic E-state index is -0.0234. The lowest BCUT2D eigenvalue weighted by atomic mass is 10.2. The highest BCUT2D eigenvalue weighted by Gasteiger charge is 2.05. The first-order chi connectivity index (χ1) is 9.60. The van der Waals surface area contributed by atoms with Gasteiger partial charge in [0.05, 0.1) is 7.11 Å². The second kappa shape index (κ2) is 6.06. The maximum Gasteiger partial charge on any atom is 0.141 e.